The lowest BCUT2D eigenvalue weighted by Gasteiger charge is -2.09. The van der Waals surface area contributed by atoms with E-state index in [2.05, 4.69) is 10.3 Å². The number of halogens is 3. The summed E-state index contributed by atoms with van der Waals surface area (Å²) in [5.41, 5.74) is 2.86. The van der Waals surface area contributed by atoms with Crippen molar-refractivity contribution in [1.29, 1.82) is 0 Å². The van der Waals surface area contributed by atoms with Gasteiger partial charge in [-0.3, -0.25) is 4.79 Å². The van der Waals surface area contributed by atoms with E-state index in [0.717, 1.165) is 10.8 Å². The summed E-state index contributed by atoms with van der Waals surface area (Å²) in [6.07, 6.45) is 0. The van der Waals surface area contributed by atoms with Crippen molar-refractivity contribution in [3.63, 3.8) is 0 Å². The van der Waals surface area contributed by atoms with Crippen molar-refractivity contribution in [3.05, 3.63) is 93.4 Å². The summed E-state index contributed by atoms with van der Waals surface area (Å²) in [7, 11) is 0. The number of nitrogens with one attached hydrogen (secondary N) is 1. The fourth-order valence-corrected chi connectivity index (χ4v) is 4.24. The van der Waals surface area contributed by atoms with E-state index in [1.807, 2.05) is 36.4 Å². The zero-order valence-corrected chi connectivity index (χ0v) is 18.1. The molecule has 7 heteroatoms. The molecule has 0 aliphatic heterocycles. The maximum Gasteiger partial charge on any atom is 0.256 e. The van der Waals surface area contributed by atoms with Gasteiger partial charge in [-0.2, -0.15) is 0 Å². The summed E-state index contributed by atoms with van der Waals surface area (Å²) < 4.78 is 5.83. The highest BCUT2D eigenvalue weighted by atomic mass is 35.5. The first-order chi connectivity index (χ1) is 15.0. The molecule has 0 saturated heterocycles. The van der Waals surface area contributed by atoms with Gasteiger partial charge in [-0.1, -0.05) is 65.1 Å². The van der Waals surface area contributed by atoms with Crippen LogP contribution in [0, 0.1) is 0 Å². The summed E-state index contributed by atoms with van der Waals surface area (Å²) in [6, 6.07) is 21.5. The van der Waals surface area contributed by atoms with E-state index >= 15 is 0 Å². The summed E-state index contributed by atoms with van der Waals surface area (Å²) in [5.74, 6) is 0.143. The average Bonchev–Trinajstić information content (AvgIpc) is 3.18. The van der Waals surface area contributed by atoms with Crippen molar-refractivity contribution < 1.29 is 9.21 Å². The van der Waals surface area contributed by atoms with Crippen molar-refractivity contribution in [2.24, 2.45) is 0 Å². The Morgan fingerprint density at radius 1 is 0.839 bits per heavy atom. The second-order valence-corrected chi connectivity index (χ2v) is 8.18. The molecule has 5 aromatic rings. The first kappa shape index (κ1) is 19.9. The maximum absolute atomic E-state index is 13.0. The van der Waals surface area contributed by atoms with E-state index in [4.69, 9.17) is 39.2 Å². The lowest BCUT2D eigenvalue weighted by atomic mass is 10.0. The highest BCUT2D eigenvalue weighted by molar-refractivity contribution is 6.38. The number of hydrogen-bond donors (Lipinski definition) is 1. The lowest BCUT2D eigenvalue weighted by molar-refractivity contribution is 0.102. The molecule has 1 N–H and O–H groups in total. The minimum absolute atomic E-state index is 0.239. The number of benzene rings is 4. The molecule has 31 heavy (non-hydrogen) atoms. The average molecular weight is 468 g/mol. The standard InChI is InChI=1S/C24H13Cl3N2O2/c25-14-11-20(27)22-21(12-14)29-24(31-22)13-4-1-5-15(10-13)28-23(30)18-8-2-7-17-16(18)6-3-9-19(17)26/h1-12H,(H,28,30). The van der Waals surface area contributed by atoms with Gasteiger partial charge in [0.1, 0.15) is 5.52 Å². The molecule has 4 nitrogen and oxygen atoms in total. The number of carbonyl (C=O) groups excluding carboxylic acids is 1. The van der Waals surface area contributed by atoms with Gasteiger partial charge in [0, 0.05) is 32.2 Å². The molecule has 1 amide bonds. The largest absolute Gasteiger partial charge is 0.435 e. The third kappa shape index (κ3) is 3.74. The van der Waals surface area contributed by atoms with Gasteiger partial charge < -0.3 is 9.73 Å². The van der Waals surface area contributed by atoms with E-state index in [-0.39, 0.29) is 5.91 Å². The topological polar surface area (TPSA) is 55.1 Å². The van der Waals surface area contributed by atoms with Gasteiger partial charge in [0.25, 0.3) is 5.91 Å². The molecule has 0 aliphatic carbocycles. The van der Waals surface area contributed by atoms with Crippen molar-refractivity contribution in [2.75, 3.05) is 5.32 Å². The van der Waals surface area contributed by atoms with E-state index in [1.165, 1.54) is 0 Å². The summed E-state index contributed by atoms with van der Waals surface area (Å²) in [4.78, 5) is 17.5. The number of nitrogens with zero attached hydrogens (tertiary/aromatic N) is 1. The van der Waals surface area contributed by atoms with Gasteiger partial charge in [-0.25, -0.2) is 4.98 Å². The Bertz CT molecular complexity index is 1480. The third-order valence-corrected chi connectivity index (χ3v) is 5.72. The summed E-state index contributed by atoms with van der Waals surface area (Å²) in [5, 5.41) is 6.02. The second kappa shape index (κ2) is 7.89. The quantitative estimate of drug-likeness (QED) is 0.294. The number of rotatable bonds is 3. The molecule has 1 heterocycles. The minimum Gasteiger partial charge on any atom is -0.435 e. The molecule has 0 bridgehead atoms. The SMILES string of the molecule is O=C(Nc1cccc(-c2nc3cc(Cl)cc(Cl)c3o2)c1)c1cccc2c(Cl)cccc12. The predicted molar refractivity (Wildman–Crippen MR) is 126 cm³/mol. The third-order valence-electron chi connectivity index (χ3n) is 4.89. The zero-order valence-electron chi connectivity index (χ0n) is 15.8. The molecule has 0 radical (unpaired) electrons. The van der Waals surface area contributed by atoms with E-state index in [0.29, 0.717) is 48.9 Å². The lowest BCUT2D eigenvalue weighted by Crippen LogP contribution is -2.12. The van der Waals surface area contributed by atoms with Crippen LogP contribution < -0.4 is 5.32 Å². The summed E-state index contributed by atoms with van der Waals surface area (Å²) in [6.45, 7) is 0. The zero-order chi connectivity index (χ0) is 21.5. The molecule has 0 aliphatic rings. The van der Waals surface area contributed by atoms with Crippen LogP contribution in [0.5, 0.6) is 0 Å². The van der Waals surface area contributed by atoms with E-state index in [1.54, 1.807) is 36.4 Å². The number of oxazole rings is 1. The van der Waals surface area contributed by atoms with Gasteiger partial charge in [0.15, 0.2) is 5.58 Å². The molecular formula is C24H13Cl3N2O2. The minimum atomic E-state index is -0.239. The van der Waals surface area contributed by atoms with Crippen LogP contribution in [0.25, 0.3) is 33.3 Å². The normalized spacial score (nSPS) is 11.2. The van der Waals surface area contributed by atoms with Crippen molar-refractivity contribution >= 4 is 68.3 Å². The fraction of sp³-hybridized carbons (Fsp3) is 0. The van der Waals surface area contributed by atoms with Crippen LogP contribution in [0.4, 0.5) is 5.69 Å². The Morgan fingerprint density at radius 2 is 1.61 bits per heavy atom. The fourth-order valence-electron chi connectivity index (χ4n) is 3.48. The first-order valence-electron chi connectivity index (χ1n) is 9.34. The highest BCUT2D eigenvalue weighted by Gasteiger charge is 2.15. The van der Waals surface area contributed by atoms with E-state index < -0.39 is 0 Å². The number of carbonyl (C=O) groups is 1. The Kier molecular flexibility index (Phi) is 5.06. The number of aromatic nitrogens is 1. The van der Waals surface area contributed by atoms with Crippen LogP contribution in [0.2, 0.25) is 15.1 Å². The first-order valence-corrected chi connectivity index (χ1v) is 10.5. The maximum atomic E-state index is 13.0. The molecule has 5 rings (SSSR count). The van der Waals surface area contributed by atoms with E-state index in [9.17, 15) is 4.79 Å². The monoisotopic (exact) mass is 466 g/mol. The van der Waals surface area contributed by atoms with Gasteiger partial charge in [0.05, 0.1) is 5.02 Å². The van der Waals surface area contributed by atoms with Gasteiger partial charge >= 0.3 is 0 Å². The number of anilines is 1. The molecule has 0 unspecified atom stereocenters. The van der Waals surface area contributed by atoms with Crippen LogP contribution in [0.3, 0.4) is 0 Å². The molecule has 0 atom stereocenters. The number of fused-ring (bicyclic) bond motifs is 2. The van der Waals surface area contributed by atoms with Crippen LogP contribution in [0.1, 0.15) is 10.4 Å². The molecule has 0 fully saturated rings. The molecule has 152 valence electrons. The van der Waals surface area contributed by atoms with Gasteiger partial charge in [0.2, 0.25) is 5.89 Å². The Morgan fingerprint density at radius 3 is 2.48 bits per heavy atom. The molecule has 1 aromatic heterocycles. The Balaban J connectivity index is 1.48. The van der Waals surface area contributed by atoms with Crippen molar-refractivity contribution in [3.8, 4) is 11.5 Å². The molecule has 0 spiro atoms. The number of amides is 1. The van der Waals surface area contributed by atoms with Crippen LogP contribution in [-0.4, -0.2) is 10.9 Å². The van der Waals surface area contributed by atoms with Gasteiger partial charge in [-0.15, -0.1) is 0 Å². The Hall–Kier alpha value is -3.05. The van der Waals surface area contributed by atoms with Crippen LogP contribution in [-0.2, 0) is 0 Å². The molecule has 4 aromatic carbocycles. The second-order valence-electron chi connectivity index (χ2n) is 6.93. The van der Waals surface area contributed by atoms with Crippen LogP contribution in [0.15, 0.2) is 77.2 Å². The smallest absolute Gasteiger partial charge is 0.256 e. The predicted octanol–water partition coefficient (Wildman–Crippen LogP) is 7.86. The highest BCUT2D eigenvalue weighted by Crippen LogP contribution is 2.33. The molecular weight excluding hydrogens is 455 g/mol. The van der Waals surface area contributed by atoms with Gasteiger partial charge in [-0.05, 0) is 47.9 Å². The van der Waals surface area contributed by atoms with Crippen molar-refractivity contribution in [1.82, 2.24) is 4.98 Å². The van der Waals surface area contributed by atoms with Crippen LogP contribution >= 0.6 is 34.8 Å². The number of hydrogen-bond acceptors (Lipinski definition) is 3. The van der Waals surface area contributed by atoms with Crippen molar-refractivity contribution in [2.45, 2.75) is 0 Å². The summed E-state index contributed by atoms with van der Waals surface area (Å²) >= 11 is 18.5. The Labute approximate surface area is 192 Å². The molecule has 0 saturated carbocycles.